The van der Waals surface area contributed by atoms with E-state index >= 15 is 0 Å². The van der Waals surface area contributed by atoms with Crippen LogP contribution in [0.5, 0.6) is 0 Å². The molecule has 0 bridgehead atoms. The molecule has 0 spiro atoms. The number of rotatable bonds is 4. The van der Waals surface area contributed by atoms with E-state index in [9.17, 15) is 0 Å². The highest BCUT2D eigenvalue weighted by molar-refractivity contribution is 7.15. The first kappa shape index (κ1) is 11.2. The van der Waals surface area contributed by atoms with Crippen LogP contribution in [0.25, 0.3) is 4.96 Å². The molecule has 1 aliphatic carbocycles. The van der Waals surface area contributed by atoms with Gasteiger partial charge < -0.3 is 5.32 Å². The molecule has 1 N–H and O–H groups in total. The van der Waals surface area contributed by atoms with Gasteiger partial charge >= 0.3 is 0 Å². The SMILES string of the molecule is CC1CCCC1CNCc1cn2ccsc2n1. The molecule has 17 heavy (non-hydrogen) atoms. The first-order valence-corrected chi connectivity index (χ1v) is 7.32. The van der Waals surface area contributed by atoms with Gasteiger partial charge in [0.2, 0.25) is 0 Å². The number of hydrogen-bond acceptors (Lipinski definition) is 3. The molecule has 2 unspecified atom stereocenters. The van der Waals surface area contributed by atoms with Gasteiger partial charge in [0.1, 0.15) is 0 Å². The van der Waals surface area contributed by atoms with Crippen LogP contribution in [0, 0.1) is 11.8 Å². The summed E-state index contributed by atoms with van der Waals surface area (Å²) in [5.74, 6) is 1.77. The summed E-state index contributed by atoms with van der Waals surface area (Å²) in [6.07, 6.45) is 8.40. The van der Waals surface area contributed by atoms with Gasteiger partial charge in [-0.15, -0.1) is 11.3 Å². The number of fused-ring (bicyclic) bond motifs is 1. The van der Waals surface area contributed by atoms with Gasteiger partial charge in [-0.25, -0.2) is 4.98 Å². The van der Waals surface area contributed by atoms with Gasteiger partial charge in [0.05, 0.1) is 5.69 Å². The number of nitrogens with zero attached hydrogens (tertiary/aromatic N) is 2. The van der Waals surface area contributed by atoms with Crippen molar-refractivity contribution < 1.29 is 0 Å². The van der Waals surface area contributed by atoms with Crippen molar-refractivity contribution in [1.82, 2.24) is 14.7 Å². The first-order chi connectivity index (χ1) is 8.33. The lowest BCUT2D eigenvalue weighted by Crippen LogP contribution is -2.24. The number of imidazole rings is 1. The zero-order chi connectivity index (χ0) is 11.7. The minimum Gasteiger partial charge on any atom is -0.311 e. The lowest BCUT2D eigenvalue weighted by Gasteiger charge is -2.15. The molecule has 0 amide bonds. The van der Waals surface area contributed by atoms with Crippen LogP contribution in [0.15, 0.2) is 17.8 Å². The molecule has 0 aromatic carbocycles. The van der Waals surface area contributed by atoms with E-state index in [0.29, 0.717) is 0 Å². The molecule has 0 aliphatic heterocycles. The van der Waals surface area contributed by atoms with E-state index in [1.54, 1.807) is 11.3 Å². The normalized spacial score (nSPS) is 24.8. The summed E-state index contributed by atoms with van der Waals surface area (Å²) in [4.78, 5) is 5.67. The molecule has 2 atom stereocenters. The van der Waals surface area contributed by atoms with Gasteiger partial charge in [-0.05, 0) is 24.8 Å². The maximum absolute atomic E-state index is 4.57. The van der Waals surface area contributed by atoms with Crippen molar-refractivity contribution >= 4 is 16.3 Å². The minimum absolute atomic E-state index is 0.874. The van der Waals surface area contributed by atoms with E-state index in [-0.39, 0.29) is 0 Å². The van der Waals surface area contributed by atoms with Gasteiger partial charge in [0, 0.05) is 24.3 Å². The van der Waals surface area contributed by atoms with Crippen molar-refractivity contribution in [3.8, 4) is 0 Å². The Kier molecular flexibility index (Phi) is 3.16. The Morgan fingerprint density at radius 2 is 2.47 bits per heavy atom. The second-order valence-corrected chi connectivity index (χ2v) is 6.00. The van der Waals surface area contributed by atoms with Crippen molar-refractivity contribution in [2.75, 3.05) is 6.54 Å². The second kappa shape index (κ2) is 4.78. The molecular weight excluding hydrogens is 230 g/mol. The van der Waals surface area contributed by atoms with Crippen molar-refractivity contribution in [2.45, 2.75) is 32.7 Å². The number of hydrogen-bond donors (Lipinski definition) is 1. The largest absolute Gasteiger partial charge is 0.311 e. The Balaban J connectivity index is 1.52. The van der Waals surface area contributed by atoms with E-state index in [1.807, 2.05) is 0 Å². The quantitative estimate of drug-likeness (QED) is 0.902. The smallest absolute Gasteiger partial charge is 0.193 e. The number of nitrogens with one attached hydrogen (secondary N) is 1. The first-order valence-electron chi connectivity index (χ1n) is 6.45. The number of thiazole rings is 1. The molecular formula is C13H19N3S. The molecule has 2 aromatic heterocycles. The van der Waals surface area contributed by atoms with Crippen LogP contribution < -0.4 is 5.32 Å². The fourth-order valence-corrected chi connectivity index (χ4v) is 3.49. The Morgan fingerprint density at radius 1 is 1.53 bits per heavy atom. The third-order valence-electron chi connectivity index (χ3n) is 3.89. The maximum Gasteiger partial charge on any atom is 0.193 e. The lowest BCUT2D eigenvalue weighted by molar-refractivity contribution is 0.391. The predicted molar refractivity (Wildman–Crippen MR) is 71.3 cm³/mol. The van der Waals surface area contributed by atoms with E-state index in [1.165, 1.54) is 19.3 Å². The minimum atomic E-state index is 0.874. The van der Waals surface area contributed by atoms with Crippen molar-refractivity contribution in [2.24, 2.45) is 11.8 Å². The summed E-state index contributed by atoms with van der Waals surface area (Å²) < 4.78 is 2.10. The lowest BCUT2D eigenvalue weighted by atomic mass is 9.98. The monoisotopic (exact) mass is 249 g/mol. The standard InChI is InChI=1S/C13H19N3S/c1-10-3-2-4-11(10)7-14-8-12-9-16-5-6-17-13(16)15-12/h5-6,9-11,14H,2-4,7-8H2,1H3. The molecule has 2 heterocycles. The molecule has 92 valence electrons. The average Bonchev–Trinajstić information content (AvgIpc) is 2.95. The fourth-order valence-electron chi connectivity index (χ4n) is 2.77. The van der Waals surface area contributed by atoms with Crippen LogP contribution in [0.4, 0.5) is 0 Å². The Bertz CT molecular complexity index is 459. The Morgan fingerprint density at radius 3 is 3.24 bits per heavy atom. The summed E-state index contributed by atoms with van der Waals surface area (Å²) in [5, 5.41) is 5.62. The van der Waals surface area contributed by atoms with Gasteiger partial charge in [-0.3, -0.25) is 4.40 Å². The fraction of sp³-hybridized carbons (Fsp3) is 0.615. The summed E-state index contributed by atoms with van der Waals surface area (Å²) >= 11 is 1.69. The highest BCUT2D eigenvalue weighted by Gasteiger charge is 2.22. The summed E-state index contributed by atoms with van der Waals surface area (Å²) in [6, 6.07) is 0. The van der Waals surface area contributed by atoms with Crippen LogP contribution in [0.1, 0.15) is 31.9 Å². The predicted octanol–water partition coefficient (Wildman–Crippen LogP) is 2.92. The van der Waals surface area contributed by atoms with Crippen molar-refractivity contribution in [3.63, 3.8) is 0 Å². The van der Waals surface area contributed by atoms with E-state index in [0.717, 1.165) is 35.6 Å². The van der Waals surface area contributed by atoms with Gasteiger partial charge in [0.25, 0.3) is 0 Å². The molecule has 3 nitrogen and oxygen atoms in total. The molecule has 0 radical (unpaired) electrons. The van der Waals surface area contributed by atoms with Crippen molar-refractivity contribution in [1.29, 1.82) is 0 Å². The van der Waals surface area contributed by atoms with Crippen LogP contribution in [0.2, 0.25) is 0 Å². The zero-order valence-electron chi connectivity index (χ0n) is 10.2. The highest BCUT2D eigenvalue weighted by Crippen LogP contribution is 2.30. The number of aromatic nitrogens is 2. The Labute approximate surface area is 106 Å². The summed E-state index contributed by atoms with van der Waals surface area (Å²) in [6.45, 7) is 4.43. The van der Waals surface area contributed by atoms with Crippen LogP contribution in [-0.4, -0.2) is 15.9 Å². The topological polar surface area (TPSA) is 29.3 Å². The molecule has 1 aliphatic rings. The molecule has 0 saturated heterocycles. The Hall–Kier alpha value is -0.870. The van der Waals surface area contributed by atoms with Gasteiger partial charge in [0.15, 0.2) is 4.96 Å². The van der Waals surface area contributed by atoms with Crippen LogP contribution in [-0.2, 0) is 6.54 Å². The van der Waals surface area contributed by atoms with E-state index in [2.05, 4.69) is 39.4 Å². The molecule has 1 saturated carbocycles. The summed E-state index contributed by atoms with van der Waals surface area (Å²) in [7, 11) is 0. The van der Waals surface area contributed by atoms with E-state index < -0.39 is 0 Å². The van der Waals surface area contributed by atoms with Crippen molar-refractivity contribution in [3.05, 3.63) is 23.5 Å². The molecule has 4 heteroatoms. The third-order valence-corrected chi connectivity index (χ3v) is 4.67. The molecule has 2 aromatic rings. The second-order valence-electron chi connectivity index (χ2n) is 5.12. The third kappa shape index (κ3) is 2.38. The molecule has 1 fully saturated rings. The molecule has 3 rings (SSSR count). The van der Waals surface area contributed by atoms with Gasteiger partial charge in [-0.1, -0.05) is 19.8 Å². The zero-order valence-corrected chi connectivity index (χ0v) is 11.0. The van der Waals surface area contributed by atoms with Gasteiger partial charge in [-0.2, -0.15) is 0 Å². The van der Waals surface area contributed by atoms with E-state index in [4.69, 9.17) is 0 Å². The highest BCUT2D eigenvalue weighted by atomic mass is 32.1. The summed E-state index contributed by atoms with van der Waals surface area (Å²) in [5.41, 5.74) is 1.16. The average molecular weight is 249 g/mol. The maximum atomic E-state index is 4.57. The van der Waals surface area contributed by atoms with Crippen LogP contribution >= 0.6 is 11.3 Å². The van der Waals surface area contributed by atoms with Crippen LogP contribution in [0.3, 0.4) is 0 Å².